The maximum absolute atomic E-state index is 12.1. The van der Waals surface area contributed by atoms with Crippen molar-refractivity contribution in [2.45, 2.75) is 13.0 Å². The van der Waals surface area contributed by atoms with Gasteiger partial charge in [-0.3, -0.25) is 9.59 Å². The molecule has 3 rings (SSSR count). The fourth-order valence-corrected chi connectivity index (χ4v) is 3.74. The molecular weight excluding hydrogens is 549 g/mol. The molecule has 0 saturated heterocycles. The van der Waals surface area contributed by atoms with Crippen molar-refractivity contribution in [1.29, 1.82) is 0 Å². The van der Waals surface area contributed by atoms with E-state index in [-0.39, 0.29) is 6.42 Å². The Morgan fingerprint density at radius 3 is 2.50 bits per heavy atom. The summed E-state index contributed by atoms with van der Waals surface area (Å²) in [5.74, 6) is 0.780. The Hall–Kier alpha value is -3.60. The van der Waals surface area contributed by atoms with Crippen LogP contribution in [0.3, 0.4) is 0 Å². The zero-order chi connectivity index (χ0) is 24.3. The Labute approximate surface area is 211 Å². The fourth-order valence-electron chi connectivity index (χ4n) is 2.95. The van der Waals surface area contributed by atoms with Gasteiger partial charge in [0.2, 0.25) is 11.8 Å². The van der Waals surface area contributed by atoms with E-state index in [1.807, 2.05) is 36.4 Å². The van der Waals surface area contributed by atoms with Gasteiger partial charge in [0.25, 0.3) is 0 Å². The van der Waals surface area contributed by atoms with E-state index >= 15 is 0 Å². The number of nitrogens with zero attached hydrogens (tertiary/aromatic N) is 1. The minimum Gasteiger partial charge on any atom is -0.497 e. The minimum atomic E-state index is -0.541. The molecule has 8 nitrogen and oxygen atoms in total. The lowest BCUT2D eigenvalue weighted by atomic mass is 10.2. The molecule has 0 saturated carbocycles. The van der Waals surface area contributed by atoms with Crippen LogP contribution in [0.1, 0.15) is 17.5 Å². The largest absolute Gasteiger partial charge is 0.497 e. The monoisotopic (exact) mass is 573 g/mol. The van der Waals surface area contributed by atoms with E-state index < -0.39 is 11.8 Å². The van der Waals surface area contributed by atoms with Crippen LogP contribution in [0, 0.1) is 3.57 Å². The zero-order valence-corrected chi connectivity index (χ0v) is 20.9. The van der Waals surface area contributed by atoms with Crippen molar-refractivity contribution in [2.75, 3.05) is 19.5 Å². The van der Waals surface area contributed by atoms with Crippen LogP contribution >= 0.6 is 22.6 Å². The molecule has 34 heavy (non-hydrogen) atoms. The molecule has 176 valence electrons. The lowest BCUT2D eigenvalue weighted by Crippen LogP contribution is -2.24. The van der Waals surface area contributed by atoms with E-state index in [1.165, 1.54) is 13.3 Å². The topological polar surface area (TPSA) is 98.2 Å². The summed E-state index contributed by atoms with van der Waals surface area (Å²) in [6.45, 7) is 0.411. The number of carbonyl (C=O) groups excluding carboxylic acids is 2. The first-order valence-electron chi connectivity index (χ1n) is 10.3. The summed E-state index contributed by atoms with van der Waals surface area (Å²) in [6.07, 6.45) is 1.10. The number of ether oxygens (including phenoxy) is 3. The maximum atomic E-state index is 12.1. The molecule has 2 amide bonds. The number of halogens is 1. The van der Waals surface area contributed by atoms with Gasteiger partial charge in [-0.15, -0.1) is 0 Å². The Balaban J connectivity index is 1.55. The highest BCUT2D eigenvalue weighted by Crippen LogP contribution is 2.34. The van der Waals surface area contributed by atoms with Crippen LogP contribution in [0.25, 0.3) is 0 Å². The van der Waals surface area contributed by atoms with Crippen LogP contribution in [-0.4, -0.2) is 32.2 Å². The number of hydrogen-bond acceptors (Lipinski definition) is 6. The van der Waals surface area contributed by atoms with Crippen LogP contribution in [0.15, 0.2) is 71.8 Å². The molecule has 9 heteroatoms. The number of carbonyl (C=O) groups is 2. The fraction of sp³-hybridized carbons (Fsp3) is 0.160. The van der Waals surface area contributed by atoms with E-state index in [2.05, 4.69) is 38.4 Å². The van der Waals surface area contributed by atoms with Crippen LogP contribution in [0.2, 0.25) is 0 Å². The molecule has 0 aliphatic rings. The molecule has 0 bridgehead atoms. The van der Waals surface area contributed by atoms with Gasteiger partial charge in [-0.1, -0.05) is 36.4 Å². The van der Waals surface area contributed by atoms with Crippen molar-refractivity contribution in [3.8, 4) is 17.2 Å². The van der Waals surface area contributed by atoms with Gasteiger partial charge in [-0.05, 0) is 58.0 Å². The number of methoxy groups -OCH3 is 2. The molecular formula is C25H24IN3O5. The standard InChI is InChI=1S/C25H24IN3O5/c1-32-20-10-6-9-19(13-20)28-23(30)14-24(31)29-27-15-18-11-21(26)25(22(12-18)33-2)34-16-17-7-4-3-5-8-17/h3-13,15H,14,16H2,1-2H3,(H,28,30)(H,29,31). The summed E-state index contributed by atoms with van der Waals surface area (Å²) in [7, 11) is 3.10. The normalized spacial score (nSPS) is 10.6. The highest BCUT2D eigenvalue weighted by molar-refractivity contribution is 14.1. The summed E-state index contributed by atoms with van der Waals surface area (Å²) in [5, 5.41) is 6.59. The van der Waals surface area contributed by atoms with Crippen molar-refractivity contribution < 1.29 is 23.8 Å². The first-order chi connectivity index (χ1) is 16.5. The maximum Gasteiger partial charge on any atom is 0.249 e. The van der Waals surface area contributed by atoms with Crippen LogP contribution in [0.4, 0.5) is 5.69 Å². The van der Waals surface area contributed by atoms with Gasteiger partial charge in [-0.25, -0.2) is 5.43 Å². The molecule has 0 aliphatic heterocycles. The molecule has 2 N–H and O–H groups in total. The first-order valence-corrected chi connectivity index (χ1v) is 11.4. The zero-order valence-electron chi connectivity index (χ0n) is 18.7. The Morgan fingerprint density at radius 2 is 1.76 bits per heavy atom. The first kappa shape index (κ1) is 25.0. The van der Waals surface area contributed by atoms with E-state index in [0.29, 0.717) is 35.1 Å². The van der Waals surface area contributed by atoms with Gasteiger partial charge < -0.3 is 19.5 Å². The van der Waals surface area contributed by atoms with Crippen LogP contribution in [-0.2, 0) is 16.2 Å². The van der Waals surface area contributed by atoms with Crippen molar-refractivity contribution >= 4 is 46.3 Å². The molecule has 0 aliphatic carbocycles. The summed E-state index contributed by atoms with van der Waals surface area (Å²) in [4.78, 5) is 24.2. The third-order valence-electron chi connectivity index (χ3n) is 4.56. The van der Waals surface area contributed by atoms with Crippen molar-refractivity contribution in [3.63, 3.8) is 0 Å². The summed E-state index contributed by atoms with van der Waals surface area (Å²) >= 11 is 2.16. The van der Waals surface area contributed by atoms with Gasteiger partial charge in [0.05, 0.1) is 24.0 Å². The SMILES string of the molecule is COc1cccc(NC(=O)CC(=O)NN=Cc2cc(I)c(OCc3ccccc3)c(OC)c2)c1. The smallest absolute Gasteiger partial charge is 0.249 e. The highest BCUT2D eigenvalue weighted by atomic mass is 127. The van der Waals surface area contributed by atoms with Crippen molar-refractivity contribution in [2.24, 2.45) is 5.10 Å². The van der Waals surface area contributed by atoms with E-state index in [0.717, 1.165) is 9.13 Å². The molecule has 3 aromatic carbocycles. The third kappa shape index (κ3) is 7.48. The molecule has 3 aromatic rings. The lowest BCUT2D eigenvalue weighted by Gasteiger charge is -2.13. The Kier molecular flexibility index (Phi) is 9.27. The van der Waals surface area contributed by atoms with E-state index in [4.69, 9.17) is 14.2 Å². The second-order valence-corrected chi connectivity index (χ2v) is 8.22. The quantitative estimate of drug-likeness (QED) is 0.163. The highest BCUT2D eigenvalue weighted by Gasteiger charge is 2.12. The molecule has 0 unspecified atom stereocenters. The average molecular weight is 573 g/mol. The van der Waals surface area contributed by atoms with Crippen LogP contribution in [0.5, 0.6) is 17.2 Å². The number of hydrogen-bond donors (Lipinski definition) is 2. The van der Waals surface area contributed by atoms with Gasteiger partial charge >= 0.3 is 0 Å². The number of benzene rings is 3. The molecule has 0 aromatic heterocycles. The molecule has 0 fully saturated rings. The summed E-state index contributed by atoms with van der Waals surface area (Å²) in [6, 6.07) is 20.3. The minimum absolute atomic E-state index is 0.373. The second-order valence-electron chi connectivity index (χ2n) is 7.06. The van der Waals surface area contributed by atoms with Crippen molar-refractivity contribution in [1.82, 2.24) is 5.43 Å². The molecule has 0 spiro atoms. The van der Waals surface area contributed by atoms with Crippen LogP contribution < -0.4 is 25.0 Å². The number of rotatable bonds is 10. The third-order valence-corrected chi connectivity index (χ3v) is 5.36. The number of nitrogens with one attached hydrogen (secondary N) is 2. The summed E-state index contributed by atoms with van der Waals surface area (Å²) in [5.41, 5.74) is 4.65. The molecule has 0 heterocycles. The molecule has 0 radical (unpaired) electrons. The second kappa shape index (κ2) is 12.6. The van der Waals surface area contributed by atoms with E-state index in [9.17, 15) is 9.59 Å². The Bertz CT molecular complexity index is 1170. The average Bonchev–Trinajstić information content (AvgIpc) is 2.83. The van der Waals surface area contributed by atoms with Gasteiger partial charge in [0, 0.05) is 11.8 Å². The predicted molar refractivity (Wildman–Crippen MR) is 138 cm³/mol. The lowest BCUT2D eigenvalue weighted by molar-refractivity contribution is -0.126. The van der Waals surface area contributed by atoms with E-state index in [1.54, 1.807) is 37.4 Å². The molecule has 0 atom stereocenters. The number of anilines is 1. The van der Waals surface area contributed by atoms with Gasteiger partial charge in [0.15, 0.2) is 11.5 Å². The van der Waals surface area contributed by atoms with Gasteiger partial charge in [-0.2, -0.15) is 5.10 Å². The Morgan fingerprint density at radius 1 is 0.971 bits per heavy atom. The number of amides is 2. The van der Waals surface area contributed by atoms with Crippen molar-refractivity contribution in [3.05, 3.63) is 81.4 Å². The van der Waals surface area contributed by atoms with Gasteiger partial charge in [0.1, 0.15) is 18.8 Å². The predicted octanol–water partition coefficient (Wildman–Crippen LogP) is 4.37. The summed E-state index contributed by atoms with van der Waals surface area (Å²) < 4.78 is 17.4. The number of hydrazone groups is 1.